The van der Waals surface area contributed by atoms with Crippen LogP contribution in [0.3, 0.4) is 0 Å². The number of hydrogen-bond donors (Lipinski definition) is 1. The lowest BCUT2D eigenvalue weighted by molar-refractivity contribution is -0.00359. The number of likely N-dealkylation sites (N-methyl/N-ethyl adjacent to an activating group) is 1. The lowest BCUT2D eigenvalue weighted by Gasteiger charge is -2.35. The van der Waals surface area contributed by atoms with E-state index in [1.54, 1.807) is 13.8 Å². The van der Waals surface area contributed by atoms with Crippen molar-refractivity contribution in [2.45, 2.75) is 32.1 Å². The van der Waals surface area contributed by atoms with E-state index < -0.39 is 9.84 Å². The zero-order chi connectivity index (χ0) is 13.6. The predicted molar refractivity (Wildman–Crippen MR) is 73.6 cm³/mol. The first-order valence-corrected chi connectivity index (χ1v) is 8.43. The first kappa shape index (κ1) is 15.9. The Morgan fingerprint density at radius 3 is 2.78 bits per heavy atom. The maximum atomic E-state index is 11.8. The second-order valence-corrected chi connectivity index (χ2v) is 7.66. The lowest BCUT2D eigenvalue weighted by atomic mass is 10.2. The van der Waals surface area contributed by atoms with Crippen molar-refractivity contribution < 1.29 is 13.2 Å². The van der Waals surface area contributed by atoms with Crippen molar-refractivity contribution in [1.29, 1.82) is 0 Å². The predicted octanol–water partition coefficient (Wildman–Crippen LogP) is 0.120. The van der Waals surface area contributed by atoms with Gasteiger partial charge >= 0.3 is 0 Å². The SMILES string of the molecule is CCNCC1COCCN1CCS(=O)(=O)C(C)C. The molecule has 0 aromatic heterocycles. The smallest absolute Gasteiger partial charge is 0.153 e. The van der Waals surface area contributed by atoms with Crippen molar-refractivity contribution in [3.05, 3.63) is 0 Å². The maximum Gasteiger partial charge on any atom is 0.153 e. The third-order valence-electron chi connectivity index (χ3n) is 3.36. The van der Waals surface area contributed by atoms with Crippen molar-refractivity contribution in [3.8, 4) is 0 Å². The van der Waals surface area contributed by atoms with Crippen LogP contribution < -0.4 is 5.32 Å². The van der Waals surface area contributed by atoms with Gasteiger partial charge in [-0.3, -0.25) is 4.90 Å². The summed E-state index contributed by atoms with van der Waals surface area (Å²) in [6.45, 7) is 10.2. The third kappa shape index (κ3) is 4.84. The number of morpholine rings is 1. The van der Waals surface area contributed by atoms with Gasteiger partial charge in [-0.15, -0.1) is 0 Å². The van der Waals surface area contributed by atoms with Crippen LogP contribution in [0.25, 0.3) is 0 Å². The number of rotatable bonds is 7. The minimum absolute atomic E-state index is 0.243. The molecule has 1 atom stereocenters. The molecule has 0 aliphatic carbocycles. The highest BCUT2D eigenvalue weighted by Crippen LogP contribution is 2.08. The number of ether oxygens (including phenoxy) is 1. The lowest BCUT2D eigenvalue weighted by Crippen LogP contribution is -2.51. The molecule has 1 N–H and O–H groups in total. The first-order chi connectivity index (χ1) is 8.47. The van der Waals surface area contributed by atoms with Gasteiger partial charge in [0.1, 0.15) is 0 Å². The van der Waals surface area contributed by atoms with Crippen LogP contribution in [0.15, 0.2) is 0 Å². The quantitative estimate of drug-likeness (QED) is 0.717. The Morgan fingerprint density at radius 1 is 1.44 bits per heavy atom. The van der Waals surface area contributed by atoms with Crippen LogP contribution in [0, 0.1) is 0 Å². The average Bonchev–Trinajstić information content (AvgIpc) is 2.34. The van der Waals surface area contributed by atoms with E-state index in [2.05, 4.69) is 17.1 Å². The fraction of sp³-hybridized carbons (Fsp3) is 1.00. The third-order valence-corrected chi connectivity index (χ3v) is 5.55. The molecule has 108 valence electrons. The highest BCUT2D eigenvalue weighted by molar-refractivity contribution is 7.92. The van der Waals surface area contributed by atoms with Crippen LogP contribution in [-0.4, -0.2) is 69.8 Å². The molecule has 0 aromatic carbocycles. The molecular weight excluding hydrogens is 252 g/mol. The highest BCUT2D eigenvalue weighted by atomic mass is 32.2. The summed E-state index contributed by atoms with van der Waals surface area (Å²) in [5.74, 6) is 0.243. The second kappa shape index (κ2) is 7.43. The summed E-state index contributed by atoms with van der Waals surface area (Å²) in [5, 5.41) is 3.01. The summed E-state index contributed by atoms with van der Waals surface area (Å²) in [6.07, 6.45) is 0. The number of hydrogen-bond acceptors (Lipinski definition) is 5. The zero-order valence-electron chi connectivity index (χ0n) is 11.7. The molecule has 0 spiro atoms. The van der Waals surface area contributed by atoms with Gasteiger partial charge in [-0.2, -0.15) is 0 Å². The molecule has 5 nitrogen and oxygen atoms in total. The van der Waals surface area contributed by atoms with E-state index in [4.69, 9.17) is 4.74 Å². The van der Waals surface area contributed by atoms with E-state index in [9.17, 15) is 8.42 Å². The summed E-state index contributed by atoms with van der Waals surface area (Å²) in [4.78, 5) is 2.23. The summed E-state index contributed by atoms with van der Waals surface area (Å²) < 4.78 is 29.1. The van der Waals surface area contributed by atoms with E-state index in [0.29, 0.717) is 25.8 Å². The molecule has 1 heterocycles. The Morgan fingerprint density at radius 2 is 2.17 bits per heavy atom. The Balaban J connectivity index is 2.47. The molecular formula is C12H26N2O3S. The van der Waals surface area contributed by atoms with Crippen molar-refractivity contribution in [2.75, 3.05) is 45.1 Å². The Labute approximate surface area is 111 Å². The van der Waals surface area contributed by atoms with Crippen LogP contribution in [0.2, 0.25) is 0 Å². The van der Waals surface area contributed by atoms with Gasteiger partial charge < -0.3 is 10.1 Å². The van der Waals surface area contributed by atoms with E-state index >= 15 is 0 Å². The molecule has 1 rings (SSSR count). The fourth-order valence-electron chi connectivity index (χ4n) is 1.96. The molecule has 0 amide bonds. The van der Waals surface area contributed by atoms with Gasteiger partial charge in [0.05, 0.1) is 24.2 Å². The summed E-state index contributed by atoms with van der Waals surface area (Å²) >= 11 is 0. The van der Waals surface area contributed by atoms with E-state index in [1.165, 1.54) is 0 Å². The van der Waals surface area contributed by atoms with Crippen molar-refractivity contribution >= 4 is 9.84 Å². The standard InChI is InChI=1S/C12H26N2O3S/c1-4-13-9-12-10-17-7-5-14(12)6-8-18(15,16)11(2)3/h11-13H,4-10H2,1-3H3. The molecule has 0 saturated carbocycles. The van der Waals surface area contributed by atoms with Crippen molar-refractivity contribution in [1.82, 2.24) is 10.2 Å². The molecule has 1 unspecified atom stereocenters. The van der Waals surface area contributed by atoms with E-state index in [0.717, 1.165) is 19.6 Å². The van der Waals surface area contributed by atoms with Gasteiger partial charge in [-0.05, 0) is 20.4 Å². The van der Waals surface area contributed by atoms with Gasteiger partial charge in [0.2, 0.25) is 0 Å². The largest absolute Gasteiger partial charge is 0.378 e. The molecule has 1 saturated heterocycles. The second-order valence-electron chi connectivity index (χ2n) is 4.99. The van der Waals surface area contributed by atoms with Crippen molar-refractivity contribution in [3.63, 3.8) is 0 Å². The summed E-state index contributed by atoms with van der Waals surface area (Å²) in [5.41, 5.74) is 0. The van der Waals surface area contributed by atoms with Gasteiger partial charge in [0.15, 0.2) is 9.84 Å². The van der Waals surface area contributed by atoms with Crippen LogP contribution in [0.5, 0.6) is 0 Å². The van der Waals surface area contributed by atoms with Crippen molar-refractivity contribution in [2.24, 2.45) is 0 Å². The molecule has 1 aliphatic rings. The molecule has 18 heavy (non-hydrogen) atoms. The zero-order valence-corrected chi connectivity index (χ0v) is 12.5. The number of nitrogens with zero attached hydrogens (tertiary/aromatic N) is 1. The molecule has 0 radical (unpaired) electrons. The fourth-order valence-corrected chi connectivity index (χ4v) is 2.92. The Bertz CT molecular complexity index is 330. The average molecular weight is 278 g/mol. The minimum atomic E-state index is -2.94. The van der Waals surface area contributed by atoms with Crippen LogP contribution in [-0.2, 0) is 14.6 Å². The monoisotopic (exact) mass is 278 g/mol. The van der Waals surface area contributed by atoms with Gasteiger partial charge in [-0.25, -0.2) is 8.42 Å². The topological polar surface area (TPSA) is 58.6 Å². The number of nitrogens with one attached hydrogen (secondary N) is 1. The Hall–Kier alpha value is -0.170. The van der Waals surface area contributed by atoms with Crippen LogP contribution in [0.1, 0.15) is 20.8 Å². The summed E-state index contributed by atoms with van der Waals surface area (Å²) in [7, 11) is -2.94. The maximum absolute atomic E-state index is 11.8. The van der Waals surface area contributed by atoms with Gasteiger partial charge in [0, 0.05) is 25.7 Å². The van der Waals surface area contributed by atoms with Gasteiger partial charge in [-0.1, -0.05) is 6.92 Å². The van der Waals surface area contributed by atoms with Gasteiger partial charge in [0.25, 0.3) is 0 Å². The van der Waals surface area contributed by atoms with Crippen LogP contribution in [0.4, 0.5) is 0 Å². The van der Waals surface area contributed by atoms with E-state index in [-0.39, 0.29) is 11.0 Å². The summed E-state index contributed by atoms with van der Waals surface area (Å²) in [6, 6.07) is 0.293. The molecule has 0 aromatic rings. The Kier molecular flexibility index (Phi) is 6.55. The first-order valence-electron chi connectivity index (χ1n) is 6.71. The minimum Gasteiger partial charge on any atom is -0.378 e. The highest BCUT2D eigenvalue weighted by Gasteiger charge is 2.25. The molecule has 6 heteroatoms. The molecule has 1 fully saturated rings. The van der Waals surface area contributed by atoms with E-state index in [1.807, 2.05) is 0 Å². The molecule has 1 aliphatic heterocycles. The van der Waals surface area contributed by atoms with Crippen LogP contribution >= 0.6 is 0 Å². The number of sulfone groups is 1. The normalized spacial score (nSPS) is 22.6. The molecule has 0 bridgehead atoms.